The van der Waals surface area contributed by atoms with Gasteiger partial charge in [-0.2, -0.15) is 0 Å². The van der Waals surface area contributed by atoms with Crippen LogP contribution in [-0.4, -0.2) is 34.8 Å². The summed E-state index contributed by atoms with van der Waals surface area (Å²) in [5.74, 6) is -0.198. The molecule has 0 fully saturated rings. The van der Waals surface area contributed by atoms with Gasteiger partial charge in [0.1, 0.15) is 0 Å². The van der Waals surface area contributed by atoms with Crippen LogP contribution >= 0.6 is 11.6 Å². The van der Waals surface area contributed by atoms with Gasteiger partial charge in [0.25, 0.3) is 5.91 Å². The zero-order valence-corrected chi connectivity index (χ0v) is 16.8. The molecule has 0 radical (unpaired) electrons. The fourth-order valence-electron chi connectivity index (χ4n) is 3.26. The molecule has 0 aliphatic heterocycles. The third-order valence-electron chi connectivity index (χ3n) is 4.83. The van der Waals surface area contributed by atoms with Gasteiger partial charge >= 0.3 is 0 Å². The molecular weight excluding hydrogens is 374 g/mol. The molecule has 0 aliphatic rings. The number of halogens is 1. The van der Waals surface area contributed by atoms with E-state index in [9.17, 15) is 9.59 Å². The van der Waals surface area contributed by atoms with E-state index >= 15 is 0 Å². The first-order valence-corrected chi connectivity index (χ1v) is 9.85. The summed E-state index contributed by atoms with van der Waals surface area (Å²) < 4.78 is 0. The molecule has 3 rings (SSSR count). The van der Waals surface area contributed by atoms with E-state index in [0.29, 0.717) is 42.2 Å². The molecule has 5 nitrogen and oxygen atoms in total. The normalized spacial score (nSPS) is 10.8. The fraction of sp³-hybridized carbons (Fsp3) is 0.273. The number of fused-ring (bicyclic) bond motifs is 1. The minimum atomic E-state index is -0.104. The number of amides is 2. The SMILES string of the molecule is CCN(CC)C(=O)c1ccc(NC(=O)CCc2c[nH]c3ccccc23)cc1Cl. The van der Waals surface area contributed by atoms with Crippen LogP contribution in [0.4, 0.5) is 5.69 Å². The summed E-state index contributed by atoms with van der Waals surface area (Å²) >= 11 is 6.29. The van der Waals surface area contributed by atoms with Gasteiger partial charge in [0.15, 0.2) is 0 Å². The number of nitrogens with one attached hydrogen (secondary N) is 2. The molecule has 2 amide bonds. The lowest BCUT2D eigenvalue weighted by Crippen LogP contribution is -2.30. The Morgan fingerprint density at radius 3 is 2.57 bits per heavy atom. The molecule has 146 valence electrons. The second-order valence-electron chi connectivity index (χ2n) is 6.58. The maximum atomic E-state index is 12.5. The van der Waals surface area contributed by atoms with Crippen LogP contribution in [-0.2, 0) is 11.2 Å². The van der Waals surface area contributed by atoms with E-state index in [1.54, 1.807) is 23.1 Å². The zero-order chi connectivity index (χ0) is 20.1. The van der Waals surface area contributed by atoms with Crippen LogP contribution in [0, 0.1) is 0 Å². The number of H-pyrrole nitrogens is 1. The number of benzene rings is 2. The van der Waals surface area contributed by atoms with Crippen LogP contribution in [0.25, 0.3) is 10.9 Å². The second-order valence-corrected chi connectivity index (χ2v) is 6.99. The van der Waals surface area contributed by atoms with Crippen molar-refractivity contribution in [2.45, 2.75) is 26.7 Å². The molecule has 3 aromatic rings. The van der Waals surface area contributed by atoms with Crippen LogP contribution in [0.1, 0.15) is 36.2 Å². The molecular formula is C22H24ClN3O2. The quantitative estimate of drug-likeness (QED) is 0.597. The molecule has 0 spiro atoms. The minimum absolute atomic E-state index is 0.0934. The average molecular weight is 398 g/mol. The number of nitrogens with zero attached hydrogens (tertiary/aromatic N) is 1. The van der Waals surface area contributed by atoms with Gasteiger partial charge in [-0.25, -0.2) is 0 Å². The monoisotopic (exact) mass is 397 g/mol. The fourth-order valence-corrected chi connectivity index (χ4v) is 3.52. The predicted octanol–water partition coefficient (Wildman–Crippen LogP) is 4.87. The molecule has 0 saturated heterocycles. The third-order valence-corrected chi connectivity index (χ3v) is 5.14. The summed E-state index contributed by atoms with van der Waals surface area (Å²) in [4.78, 5) is 29.7. The number of rotatable bonds is 7. The smallest absolute Gasteiger partial charge is 0.255 e. The lowest BCUT2D eigenvalue weighted by atomic mass is 10.1. The Morgan fingerprint density at radius 2 is 1.86 bits per heavy atom. The van der Waals surface area contributed by atoms with Crippen molar-refractivity contribution in [3.8, 4) is 0 Å². The molecule has 6 heteroatoms. The highest BCUT2D eigenvalue weighted by Gasteiger charge is 2.16. The molecule has 0 bridgehead atoms. The van der Waals surface area contributed by atoms with Crippen LogP contribution < -0.4 is 5.32 Å². The Balaban J connectivity index is 1.62. The van der Waals surface area contributed by atoms with Gasteiger partial charge in [-0.1, -0.05) is 29.8 Å². The molecule has 2 N–H and O–H groups in total. The Morgan fingerprint density at radius 1 is 1.11 bits per heavy atom. The van der Waals surface area contributed by atoms with E-state index in [1.807, 2.05) is 44.3 Å². The topological polar surface area (TPSA) is 65.2 Å². The molecule has 0 atom stereocenters. The summed E-state index contributed by atoms with van der Waals surface area (Å²) in [5.41, 5.74) is 3.22. The number of aromatic nitrogens is 1. The largest absolute Gasteiger partial charge is 0.361 e. The van der Waals surface area contributed by atoms with Crippen molar-refractivity contribution in [1.29, 1.82) is 0 Å². The lowest BCUT2D eigenvalue weighted by molar-refractivity contribution is -0.116. The first-order chi connectivity index (χ1) is 13.5. The second kappa shape index (κ2) is 8.93. The molecule has 1 aromatic heterocycles. The van der Waals surface area contributed by atoms with Gasteiger partial charge < -0.3 is 15.2 Å². The highest BCUT2D eigenvalue weighted by molar-refractivity contribution is 6.34. The van der Waals surface area contributed by atoms with Crippen molar-refractivity contribution in [3.05, 3.63) is 64.8 Å². The van der Waals surface area contributed by atoms with Crippen molar-refractivity contribution in [1.82, 2.24) is 9.88 Å². The number of para-hydroxylation sites is 1. The van der Waals surface area contributed by atoms with Crippen molar-refractivity contribution < 1.29 is 9.59 Å². The number of anilines is 1. The van der Waals surface area contributed by atoms with E-state index in [1.165, 1.54) is 0 Å². The molecule has 0 saturated carbocycles. The maximum Gasteiger partial charge on any atom is 0.255 e. The Bertz CT molecular complexity index is 992. The number of hydrogen-bond donors (Lipinski definition) is 2. The Labute approximate surface area is 169 Å². The van der Waals surface area contributed by atoms with E-state index in [-0.39, 0.29) is 11.8 Å². The number of aromatic amines is 1. The maximum absolute atomic E-state index is 12.5. The number of aryl methyl sites for hydroxylation is 1. The lowest BCUT2D eigenvalue weighted by Gasteiger charge is -2.19. The van der Waals surface area contributed by atoms with Crippen LogP contribution in [0.5, 0.6) is 0 Å². The van der Waals surface area contributed by atoms with E-state index in [2.05, 4.69) is 10.3 Å². The van der Waals surface area contributed by atoms with Gasteiger partial charge in [-0.3, -0.25) is 9.59 Å². The van der Waals surface area contributed by atoms with E-state index < -0.39 is 0 Å². The highest BCUT2D eigenvalue weighted by Crippen LogP contribution is 2.23. The molecule has 1 heterocycles. The first kappa shape index (κ1) is 20.0. The minimum Gasteiger partial charge on any atom is -0.361 e. The summed E-state index contributed by atoms with van der Waals surface area (Å²) in [5, 5.41) is 4.33. The van der Waals surface area contributed by atoms with Gasteiger partial charge in [0, 0.05) is 42.3 Å². The molecule has 0 unspecified atom stereocenters. The Hall–Kier alpha value is -2.79. The van der Waals surface area contributed by atoms with Crippen LogP contribution in [0.3, 0.4) is 0 Å². The molecule has 28 heavy (non-hydrogen) atoms. The Kier molecular flexibility index (Phi) is 6.37. The van der Waals surface area contributed by atoms with Crippen LogP contribution in [0.15, 0.2) is 48.7 Å². The van der Waals surface area contributed by atoms with Gasteiger partial charge in [-0.15, -0.1) is 0 Å². The highest BCUT2D eigenvalue weighted by atomic mass is 35.5. The average Bonchev–Trinajstić information content (AvgIpc) is 3.10. The van der Waals surface area contributed by atoms with E-state index in [0.717, 1.165) is 16.5 Å². The number of hydrogen-bond acceptors (Lipinski definition) is 2. The summed E-state index contributed by atoms with van der Waals surface area (Å²) in [7, 11) is 0. The van der Waals surface area contributed by atoms with Crippen molar-refractivity contribution in [3.63, 3.8) is 0 Å². The predicted molar refractivity (Wildman–Crippen MR) is 114 cm³/mol. The van der Waals surface area contributed by atoms with Crippen molar-refractivity contribution >= 4 is 40.0 Å². The third kappa shape index (κ3) is 4.37. The van der Waals surface area contributed by atoms with Gasteiger partial charge in [0.2, 0.25) is 5.91 Å². The first-order valence-electron chi connectivity index (χ1n) is 9.47. The van der Waals surface area contributed by atoms with Gasteiger partial charge in [0.05, 0.1) is 10.6 Å². The van der Waals surface area contributed by atoms with Crippen molar-refractivity contribution in [2.24, 2.45) is 0 Å². The number of carbonyl (C=O) groups excluding carboxylic acids is 2. The van der Waals surface area contributed by atoms with Crippen molar-refractivity contribution in [2.75, 3.05) is 18.4 Å². The summed E-state index contributed by atoms with van der Waals surface area (Å²) in [6.45, 7) is 5.10. The van der Waals surface area contributed by atoms with Crippen LogP contribution in [0.2, 0.25) is 5.02 Å². The standard InChI is InChI=1S/C22H24ClN3O2/c1-3-26(4-2)22(28)18-11-10-16(13-19(18)23)25-21(27)12-9-15-14-24-20-8-6-5-7-17(15)20/h5-8,10-11,13-14,24H,3-4,9,12H2,1-2H3,(H,25,27). The summed E-state index contributed by atoms with van der Waals surface area (Å²) in [6.07, 6.45) is 2.95. The number of carbonyl (C=O) groups is 2. The summed E-state index contributed by atoms with van der Waals surface area (Å²) in [6, 6.07) is 13.0. The van der Waals surface area contributed by atoms with Gasteiger partial charge in [-0.05, 0) is 50.1 Å². The van der Waals surface area contributed by atoms with E-state index in [4.69, 9.17) is 11.6 Å². The molecule has 0 aliphatic carbocycles. The molecule has 2 aromatic carbocycles. The zero-order valence-electron chi connectivity index (χ0n) is 16.1.